The monoisotopic (exact) mass is 381 g/mol. The molecule has 0 aliphatic rings. The molecular weight excluding hydrogens is 369 g/mol. The lowest BCUT2D eigenvalue weighted by Crippen LogP contribution is -2.01. The SMILES string of the molecule is Clc1cccc(Cl)c1Nc1ccnc(Nc2cccc3cccnc23)n1. The molecule has 0 aliphatic carbocycles. The van der Waals surface area contributed by atoms with Gasteiger partial charge in [-0.3, -0.25) is 4.98 Å². The number of hydrogen-bond acceptors (Lipinski definition) is 5. The highest BCUT2D eigenvalue weighted by molar-refractivity contribution is 6.39. The van der Waals surface area contributed by atoms with E-state index < -0.39 is 0 Å². The number of hydrogen-bond donors (Lipinski definition) is 2. The highest BCUT2D eigenvalue weighted by atomic mass is 35.5. The molecule has 0 bridgehead atoms. The minimum atomic E-state index is 0.441. The van der Waals surface area contributed by atoms with Gasteiger partial charge in [0.05, 0.1) is 26.9 Å². The zero-order valence-electron chi connectivity index (χ0n) is 13.4. The highest BCUT2D eigenvalue weighted by Gasteiger charge is 2.08. The van der Waals surface area contributed by atoms with Gasteiger partial charge < -0.3 is 10.6 Å². The van der Waals surface area contributed by atoms with Gasteiger partial charge >= 0.3 is 0 Å². The quantitative estimate of drug-likeness (QED) is 0.466. The molecule has 4 aromatic rings. The maximum absolute atomic E-state index is 6.20. The van der Waals surface area contributed by atoms with E-state index in [9.17, 15) is 0 Å². The topological polar surface area (TPSA) is 62.7 Å². The summed E-state index contributed by atoms with van der Waals surface area (Å²) in [7, 11) is 0. The minimum Gasteiger partial charge on any atom is -0.338 e. The van der Waals surface area contributed by atoms with E-state index in [0.717, 1.165) is 16.6 Å². The number of pyridine rings is 1. The van der Waals surface area contributed by atoms with Crippen LogP contribution in [0.4, 0.5) is 23.1 Å². The Balaban J connectivity index is 1.64. The molecule has 0 amide bonds. The minimum absolute atomic E-state index is 0.441. The number of nitrogens with one attached hydrogen (secondary N) is 2. The van der Waals surface area contributed by atoms with Gasteiger partial charge in [-0.05, 0) is 30.3 Å². The molecule has 0 aliphatic heterocycles. The molecule has 2 aromatic carbocycles. The molecule has 4 rings (SSSR count). The van der Waals surface area contributed by atoms with Gasteiger partial charge in [0.2, 0.25) is 5.95 Å². The van der Waals surface area contributed by atoms with Gasteiger partial charge in [0.25, 0.3) is 0 Å². The Morgan fingerprint density at radius 2 is 1.50 bits per heavy atom. The van der Waals surface area contributed by atoms with Gasteiger partial charge in [-0.2, -0.15) is 4.98 Å². The van der Waals surface area contributed by atoms with Gasteiger partial charge in [-0.25, -0.2) is 4.98 Å². The second kappa shape index (κ2) is 7.15. The number of benzene rings is 2. The Morgan fingerprint density at radius 1 is 0.731 bits per heavy atom. The molecule has 128 valence electrons. The molecule has 0 radical (unpaired) electrons. The van der Waals surface area contributed by atoms with Crippen LogP contribution in [0.25, 0.3) is 10.9 Å². The fourth-order valence-electron chi connectivity index (χ4n) is 2.56. The maximum atomic E-state index is 6.20. The molecule has 2 heterocycles. The van der Waals surface area contributed by atoms with E-state index in [0.29, 0.717) is 27.5 Å². The van der Waals surface area contributed by atoms with Crippen LogP contribution in [0.1, 0.15) is 0 Å². The lowest BCUT2D eigenvalue weighted by Gasteiger charge is -2.11. The Hall–Kier alpha value is -2.89. The summed E-state index contributed by atoms with van der Waals surface area (Å²) in [5, 5.41) is 8.42. The van der Waals surface area contributed by atoms with Crippen LogP contribution in [0.2, 0.25) is 10.0 Å². The van der Waals surface area contributed by atoms with Gasteiger partial charge in [-0.1, -0.05) is 47.5 Å². The van der Waals surface area contributed by atoms with Crippen molar-refractivity contribution >= 4 is 57.2 Å². The average Bonchev–Trinajstić information content (AvgIpc) is 2.66. The first kappa shape index (κ1) is 16.6. The lowest BCUT2D eigenvalue weighted by molar-refractivity contribution is 1.17. The van der Waals surface area contributed by atoms with Crippen molar-refractivity contribution in [2.75, 3.05) is 10.6 Å². The van der Waals surface area contributed by atoms with Crippen molar-refractivity contribution in [1.29, 1.82) is 0 Å². The number of anilines is 4. The van der Waals surface area contributed by atoms with Crippen LogP contribution in [-0.4, -0.2) is 15.0 Å². The summed E-state index contributed by atoms with van der Waals surface area (Å²) < 4.78 is 0. The molecule has 0 saturated carbocycles. The van der Waals surface area contributed by atoms with E-state index in [-0.39, 0.29) is 0 Å². The van der Waals surface area contributed by atoms with Gasteiger partial charge in [0.15, 0.2) is 0 Å². The first-order chi connectivity index (χ1) is 12.7. The molecule has 7 heteroatoms. The summed E-state index contributed by atoms with van der Waals surface area (Å²) in [6, 6.07) is 16.9. The molecule has 26 heavy (non-hydrogen) atoms. The molecular formula is C19H13Cl2N5. The molecule has 2 N–H and O–H groups in total. The normalized spacial score (nSPS) is 10.7. The predicted molar refractivity (Wildman–Crippen MR) is 107 cm³/mol. The third-order valence-electron chi connectivity index (χ3n) is 3.75. The van der Waals surface area contributed by atoms with Crippen LogP contribution in [0, 0.1) is 0 Å². The summed E-state index contributed by atoms with van der Waals surface area (Å²) in [4.78, 5) is 13.2. The van der Waals surface area contributed by atoms with Gasteiger partial charge in [-0.15, -0.1) is 0 Å². The van der Waals surface area contributed by atoms with E-state index in [2.05, 4.69) is 25.6 Å². The fraction of sp³-hybridized carbons (Fsp3) is 0. The molecule has 0 unspecified atom stereocenters. The van der Waals surface area contributed by atoms with Crippen molar-refractivity contribution < 1.29 is 0 Å². The summed E-state index contributed by atoms with van der Waals surface area (Å²) in [5.41, 5.74) is 2.29. The molecule has 0 atom stereocenters. The maximum Gasteiger partial charge on any atom is 0.229 e. The summed E-state index contributed by atoms with van der Waals surface area (Å²) >= 11 is 12.4. The highest BCUT2D eigenvalue weighted by Crippen LogP contribution is 2.32. The van der Waals surface area contributed by atoms with Crippen molar-refractivity contribution in [2.45, 2.75) is 0 Å². The first-order valence-electron chi connectivity index (χ1n) is 7.85. The van der Waals surface area contributed by atoms with Crippen LogP contribution in [0.5, 0.6) is 0 Å². The zero-order valence-corrected chi connectivity index (χ0v) is 15.0. The molecule has 0 saturated heterocycles. The Kier molecular flexibility index (Phi) is 4.56. The zero-order chi connectivity index (χ0) is 17.9. The number of aromatic nitrogens is 3. The van der Waals surface area contributed by atoms with Crippen molar-refractivity contribution in [1.82, 2.24) is 15.0 Å². The Labute approximate surface area is 160 Å². The van der Waals surface area contributed by atoms with Crippen LogP contribution >= 0.6 is 23.2 Å². The van der Waals surface area contributed by atoms with Crippen LogP contribution < -0.4 is 10.6 Å². The third-order valence-corrected chi connectivity index (χ3v) is 4.38. The summed E-state index contributed by atoms with van der Waals surface area (Å²) in [6.45, 7) is 0. The Bertz CT molecular complexity index is 1060. The van der Waals surface area contributed by atoms with Crippen LogP contribution in [0.3, 0.4) is 0 Å². The molecule has 0 spiro atoms. The van der Waals surface area contributed by atoms with Crippen LogP contribution in [0.15, 0.2) is 67.0 Å². The van der Waals surface area contributed by atoms with Crippen molar-refractivity contribution in [3.63, 3.8) is 0 Å². The third kappa shape index (κ3) is 3.40. The number of para-hydroxylation sites is 2. The van der Waals surface area contributed by atoms with E-state index in [1.54, 1.807) is 36.7 Å². The lowest BCUT2D eigenvalue weighted by atomic mass is 10.2. The van der Waals surface area contributed by atoms with E-state index in [4.69, 9.17) is 23.2 Å². The van der Waals surface area contributed by atoms with E-state index in [1.807, 2.05) is 30.3 Å². The van der Waals surface area contributed by atoms with Crippen molar-refractivity contribution in [3.8, 4) is 0 Å². The first-order valence-corrected chi connectivity index (χ1v) is 8.61. The summed E-state index contributed by atoms with van der Waals surface area (Å²) in [5.74, 6) is 1.02. The summed E-state index contributed by atoms with van der Waals surface area (Å²) in [6.07, 6.45) is 3.41. The van der Waals surface area contributed by atoms with Gasteiger partial charge in [0.1, 0.15) is 5.82 Å². The smallest absolute Gasteiger partial charge is 0.229 e. The number of halogens is 2. The predicted octanol–water partition coefficient (Wildman–Crippen LogP) is 5.82. The average molecular weight is 382 g/mol. The fourth-order valence-corrected chi connectivity index (χ4v) is 3.05. The number of rotatable bonds is 4. The van der Waals surface area contributed by atoms with Gasteiger partial charge in [0, 0.05) is 17.8 Å². The number of fused-ring (bicyclic) bond motifs is 1. The number of nitrogens with zero attached hydrogens (tertiary/aromatic N) is 3. The second-order valence-electron chi connectivity index (χ2n) is 5.49. The largest absolute Gasteiger partial charge is 0.338 e. The standard InChI is InChI=1S/C19H13Cl2N5/c20-13-6-2-7-14(21)18(13)25-16-9-11-23-19(26-16)24-15-8-1-4-12-5-3-10-22-17(12)15/h1-11H,(H2,23,24,25,26). The van der Waals surface area contributed by atoms with Crippen molar-refractivity contribution in [2.24, 2.45) is 0 Å². The molecule has 2 aromatic heterocycles. The second-order valence-corrected chi connectivity index (χ2v) is 6.31. The molecule has 5 nitrogen and oxygen atoms in total. The van der Waals surface area contributed by atoms with E-state index >= 15 is 0 Å². The van der Waals surface area contributed by atoms with Crippen LogP contribution in [-0.2, 0) is 0 Å². The Morgan fingerprint density at radius 3 is 2.35 bits per heavy atom. The van der Waals surface area contributed by atoms with Crippen molar-refractivity contribution in [3.05, 3.63) is 77.0 Å². The molecule has 0 fully saturated rings. The van der Waals surface area contributed by atoms with E-state index in [1.165, 1.54) is 0 Å².